The highest BCUT2D eigenvalue weighted by Crippen LogP contribution is 2.30. The molecule has 3 heterocycles. The van der Waals surface area contributed by atoms with E-state index in [-0.39, 0.29) is 0 Å². The number of nitrogens with one attached hydrogen (secondary N) is 1. The first-order valence-electron chi connectivity index (χ1n) is 9.38. The molecule has 26 heavy (non-hydrogen) atoms. The smallest absolute Gasteiger partial charge is 0.227 e. The van der Waals surface area contributed by atoms with Crippen molar-refractivity contribution < 1.29 is 9.47 Å². The molecule has 2 aromatic rings. The first-order chi connectivity index (χ1) is 12.8. The van der Waals surface area contributed by atoms with Crippen molar-refractivity contribution in [2.24, 2.45) is 0 Å². The average molecular weight is 354 g/mol. The largest absolute Gasteiger partial charge is 0.497 e. The van der Waals surface area contributed by atoms with Crippen molar-refractivity contribution in [3.63, 3.8) is 0 Å². The predicted molar refractivity (Wildman–Crippen MR) is 102 cm³/mol. The quantitative estimate of drug-likeness (QED) is 0.890. The van der Waals surface area contributed by atoms with Gasteiger partial charge < -0.3 is 19.7 Å². The minimum atomic E-state index is 0.345. The van der Waals surface area contributed by atoms with E-state index in [2.05, 4.69) is 27.3 Å². The molecule has 2 saturated heterocycles. The Morgan fingerprint density at radius 2 is 2.08 bits per heavy atom. The first-order valence-corrected chi connectivity index (χ1v) is 9.38. The molecule has 2 aliphatic heterocycles. The molecule has 6 heteroatoms. The second-order valence-corrected chi connectivity index (χ2v) is 7.01. The maximum atomic E-state index is 5.54. The van der Waals surface area contributed by atoms with Crippen LogP contribution in [0.4, 0.5) is 11.8 Å². The van der Waals surface area contributed by atoms with Gasteiger partial charge in [0.1, 0.15) is 11.6 Å². The van der Waals surface area contributed by atoms with E-state index in [0.29, 0.717) is 12.0 Å². The van der Waals surface area contributed by atoms with Gasteiger partial charge in [0.2, 0.25) is 5.95 Å². The molecule has 138 valence electrons. The van der Waals surface area contributed by atoms with E-state index < -0.39 is 0 Å². The third-order valence-electron chi connectivity index (χ3n) is 5.21. The standard InChI is InChI=1S/C20H26N4O2/c1-25-18-6-4-15(5-7-18)16-9-11-24(13-16)20-21-10-8-19(23-20)22-17-3-2-12-26-14-17/h4-8,10,16-17H,2-3,9,11-14H2,1H3,(H,21,22,23). The summed E-state index contributed by atoms with van der Waals surface area (Å²) in [7, 11) is 1.70. The molecule has 0 spiro atoms. The molecule has 1 N–H and O–H groups in total. The number of methoxy groups -OCH3 is 1. The number of ether oxygens (including phenoxy) is 2. The van der Waals surface area contributed by atoms with Gasteiger partial charge in [0.15, 0.2) is 0 Å². The number of rotatable bonds is 5. The van der Waals surface area contributed by atoms with Crippen molar-refractivity contribution in [1.29, 1.82) is 0 Å². The molecule has 2 atom stereocenters. The maximum absolute atomic E-state index is 5.54. The van der Waals surface area contributed by atoms with E-state index in [1.807, 2.05) is 24.4 Å². The van der Waals surface area contributed by atoms with Crippen molar-refractivity contribution in [3.05, 3.63) is 42.1 Å². The zero-order valence-corrected chi connectivity index (χ0v) is 15.2. The van der Waals surface area contributed by atoms with Crippen molar-refractivity contribution in [2.75, 3.05) is 43.6 Å². The van der Waals surface area contributed by atoms with Gasteiger partial charge in [0.05, 0.1) is 19.8 Å². The van der Waals surface area contributed by atoms with Gasteiger partial charge in [0, 0.05) is 31.8 Å². The zero-order chi connectivity index (χ0) is 17.8. The Morgan fingerprint density at radius 3 is 2.85 bits per heavy atom. The molecule has 1 aromatic heterocycles. The van der Waals surface area contributed by atoms with Crippen LogP contribution >= 0.6 is 0 Å². The van der Waals surface area contributed by atoms with Gasteiger partial charge in [-0.2, -0.15) is 4.98 Å². The fourth-order valence-electron chi connectivity index (χ4n) is 3.73. The second kappa shape index (κ2) is 7.91. The van der Waals surface area contributed by atoms with Crippen molar-refractivity contribution in [3.8, 4) is 5.75 Å². The Labute approximate surface area is 154 Å². The predicted octanol–water partition coefficient (Wildman–Crippen LogP) is 3.07. The van der Waals surface area contributed by atoms with Gasteiger partial charge in [-0.1, -0.05) is 12.1 Å². The highest BCUT2D eigenvalue weighted by molar-refractivity contribution is 5.44. The highest BCUT2D eigenvalue weighted by atomic mass is 16.5. The fourth-order valence-corrected chi connectivity index (χ4v) is 3.73. The SMILES string of the molecule is COc1ccc(C2CCN(c3nccc(NC4CCCOC4)n3)C2)cc1. The summed E-state index contributed by atoms with van der Waals surface area (Å²) >= 11 is 0. The molecule has 1 aromatic carbocycles. The molecule has 0 saturated carbocycles. The van der Waals surface area contributed by atoms with Gasteiger partial charge in [-0.3, -0.25) is 0 Å². The molecule has 0 aliphatic carbocycles. The number of hydrogen-bond donors (Lipinski definition) is 1. The summed E-state index contributed by atoms with van der Waals surface area (Å²) in [6, 6.07) is 10.7. The summed E-state index contributed by atoms with van der Waals surface area (Å²) < 4.78 is 10.8. The molecule has 0 radical (unpaired) electrons. The van der Waals surface area contributed by atoms with Gasteiger partial charge in [-0.05, 0) is 43.0 Å². The van der Waals surface area contributed by atoms with Gasteiger partial charge >= 0.3 is 0 Å². The Morgan fingerprint density at radius 1 is 1.19 bits per heavy atom. The maximum Gasteiger partial charge on any atom is 0.227 e. The molecule has 0 amide bonds. The zero-order valence-electron chi connectivity index (χ0n) is 15.2. The normalized spacial score (nSPS) is 23.0. The van der Waals surface area contributed by atoms with Crippen LogP contribution in [-0.2, 0) is 4.74 Å². The van der Waals surface area contributed by atoms with Gasteiger partial charge in [0.25, 0.3) is 0 Å². The topological polar surface area (TPSA) is 59.5 Å². The third-order valence-corrected chi connectivity index (χ3v) is 5.21. The van der Waals surface area contributed by atoms with Crippen LogP contribution in [0.2, 0.25) is 0 Å². The van der Waals surface area contributed by atoms with Crippen LogP contribution in [0.25, 0.3) is 0 Å². The molecular weight excluding hydrogens is 328 g/mol. The monoisotopic (exact) mass is 354 g/mol. The summed E-state index contributed by atoms with van der Waals surface area (Å²) in [6.45, 7) is 3.55. The van der Waals surface area contributed by atoms with Gasteiger partial charge in [-0.15, -0.1) is 0 Å². The van der Waals surface area contributed by atoms with Crippen LogP contribution in [0.1, 0.15) is 30.7 Å². The van der Waals surface area contributed by atoms with E-state index in [1.54, 1.807) is 7.11 Å². The summed E-state index contributed by atoms with van der Waals surface area (Å²) in [6.07, 6.45) is 5.19. The molecular formula is C20H26N4O2. The van der Waals surface area contributed by atoms with E-state index in [1.165, 1.54) is 5.56 Å². The summed E-state index contributed by atoms with van der Waals surface area (Å²) in [4.78, 5) is 11.5. The lowest BCUT2D eigenvalue weighted by molar-refractivity contribution is 0.0875. The van der Waals surface area contributed by atoms with Crippen LogP contribution < -0.4 is 15.0 Å². The third kappa shape index (κ3) is 3.90. The molecule has 6 nitrogen and oxygen atoms in total. The second-order valence-electron chi connectivity index (χ2n) is 7.01. The molecule has 0 bridgehead atoms. The summed E-state index contributed by atoms with van der Waals surface area (Å²) in [5, 5.41) is 3.48. The van der Waals surface area contributed by atoms with E-state index in [0.717, 1.165) is 63.1 Å². The Kier molecular flexibility index (Phi) is 5.20. The number of hydrogen-bond acceptors (Lipinski definition) is 6. The highest BCUT2D eigenvalue weighted by Gasteiger charge is 2.26. The molecule has 4 rings (SSSR count). The number of aromatic nitrogens is 2. The minimum Gasteiger partial charge on any atom is -0.497 e. The average Bonchev–Trinajstić information content (AvgIpc) is 3.19. The Hall–Kier alpha value is -2.34. The van der Waals surface area contributed by atoms with Crippen LogP contribution in [-0.4, -0.2) is 49.4 Å². The van der Waals surface area contributed by atoms with Crippen LogP contribution in [0.15, 0.2) is 36.5 Å². The minimum absolute atomic E-state index is 0.345. The summed E-state index contributed by atoms with van der Waals surface area (Å²) in [5.41, 5.74) is 1.35. The molecule has 2 unspecified atom stereocenters. The fraction of sp³-hybridized carbons (Fsp3) is 0.500. The van der Waals surface area contributed by atoms with Gasteiger partial charge in [-0.25, -0.2) is 4.98 Å². The lowest BCUT2D eigenvalue weighted by atomic mass is 9.98. The van der Waals surface area contributed by atoms with E-state index >= 15 is 0 Å². The lowest BCUT2D eigenvalue weighted by Gasteiger charge is -2.24. The Balaban J connectivity index is 1.40. The first kappa shape index (κ1) is 17.1. The van der Waals surface area contributed by atoms with Crippen molar-refractivity contribution in [1.82, 2.24) is 9.97 Å². The van der Waals surface area contributed by atoms with Crippen LogP contribution in [0.3, 0.4) is 0 Å². The van der Waals surface area contributed by atoms with E-state index in [9.17, 15) is 0 Å². The van der Waals surface area contributed by atoms with Crippen LogP contribution in [0.5, 0.6) is 5.75 Å². The molecule has 2 aliphatic rings. The molecule has 2 fully saturated rings. The lowest BCUT2D eigenvalue weighted by Crippen LogP contribution is -2.30. The number of nitrogens with zero attached hydrogens (tertiary/aromatic N) is 3. The number of benzene rings is 1. The number of anilines is 2. The van der Waals surface area contributed by atoms with Crippen molar-refractivity contribution in [2.45, 2.75) is 31.2 Å². The summed E-state index contributed by atoms with van der Waals surface area (Å²) in [5.74, 6) is 3.10. The van der Waals surface area contributed by atoms with Crippen molar-refractivity contribution >= 4 is 11.8 Å². The Bertz CT molecular complexity index is 716. The van der Waals surface area contributed by atoms with Crippen LogP contribution in [0, 0.1) is 0 Å². The van der Waals surface area contributed by atoms with E-state index in [4.69, 9.17) is 14.5 Å².